The van der Waals surface area contributed by atoms with Crippen LogP contribution in [0.15, 0.2) is 6.20 Å². The van der Waals surface area contributed by atoms with Crippen molar-refractivity contribution in [3.05, 3.63) is 11.1 Å². The van der Waals surface area contributed by atoms with Crippen LogP contribution in [-0.2, 0) is 16.1 Å². The van der Waals surface area contributed by atoms with Crippen LogP contribution in [0.4, 0.5) is 5.13 Å². The molecule has 4 rings (SSSR count). The Morgan fingerprint density at radius 3 is 3.05 bits per heavy atom. The van der Waals surface area contributed by atoms with E-state index in [2.05, 4.69) is 20.1 Å². The first-order chi connectivity index (χ1) is 10.3. The lowest BCUT2D eigenvalue weighted by molar-refractivity contribution is -0.119. The number of anilines is 1. The van der Waals surface area contributed by atoms with Gasteiger partial charge < -0.3 is 15.0 Å². The lowest BCUT2D eigenvalue weighted by atomic mass is 10.1. The molecule has 0 aliphatic carbocycles. The largest absolute Gasteiger partial charge is 0.378 e. The predicted octanol–water partition coefficient (Wildman–Crippen LogP) is 0.300. The molecule has 1 N–H and O–H groups in total. The van der Waals surface area contributed by atoms with E-state index >= 15 is 0 Å². The zero-order chi connectivity index (χ0) is 14.2. The van der Waals surface area contributed by atoms with Crippen molar-refractivity contribution in [1.29, 1.82) is 0 Å². The maximum atomic E-state index is 11.3. The van der Waals surface area contributed by atoms with E-state index in [1.807, 2.05) is 6.20 Å². The number of aromatic nitrogens is 1. The topological polar surface area (TPSA) is 57.7 Å². The summed E-state index contributed by atoms with van der Waals surface area (Å²) in [6, 6.07) is 0.365. The van der Waals surface area contributed by atoms with Gasteiger partial charge in [0.05, 0.1) is 13.2 Å². The van der Waals surface area contributed by atoms with E-state index in [4.69, 9.17) is 4.74 Å². The molecule has 0 bridgehead atoms. The second kappa shape index (κ2) is 5.55. The summed E-state index contributed by atoms with van der Waals surface area (Å²) < 4.78 is 5.38. The summed E-state index contributed by atoms with van der Waals surface area (Å²) in [5, 5.41) is 4.19. The molecule has 1 aromatic heterocycles. The Balaban J connectivity index is 1.35. The molecule has 0 aromatic carbocycles. The van der Waals surface area contributed by atoms with E-state index in [9.17, 15) is 4.79 Å². The molecule has 21 heavy (non-hydrogen) atoms. The number of ether oxygens (including phenoxy) is 1. The zero-order valence-electron chi connectivity index (χ0n) is 12.0. The van der Waals surface area contributed by atoms with Crippen LogP contribution in [0.25, 0.3) is 0 Å². The number of likely N-dealkylation sites (tertiary alicyclic amines) is 1. The smallest absolute Gasteiger partial charge is 0.220 e. The van der Waals surface area contributed by atoms with E-state index in [1.54, 1.807) is 11.3 Å². The Labute approximate surface area is 128 Å². The second-order valence-electron chi connectivity index (χ2n) is 6.04. The highest BCUT2D eigenvalue weighted by Crippen LogP contribution is 2.29. The Hall–Kier alpha value is -1.18. The summed E-state index contributed by atoms with van der Waals surface area (Å²) in [4.78, 5) is 22.0. The quantitative estimate of drug-likeness (QED) is 0.870. The van der Waals surface area contributed by atoms with Crippen molar-refractivity contribution in [1.82, 2.24) is 15.2 Å². The molecule has 3 aliphatic heterocycles. The molecular formula is C14H20N4O2S. The van der Waals surface area contributed by atoms with Crippen LogP contribution in [0.2, 0.25) is 0 Å². The monoisotopic (exact) mass is 308 g/mol. The number of hydrogen-bond donors (Lipinski definition) is 1. The van der Waals surface area contributed by atoms with Crippen LogP contribution >= 0.6 is 11.3 Å². The van der Waals surface area contributed by atoms with Crippen molar-refractivity contribution >= 4 is 22.4 Å². The van der Waals surface area contributed by atoms with Gasteiger partial charge in [-0.3, -0.25) is 9.69 Å². The first-order valence-corrected chi connectivity index (χ1v) is 8.39. The third-order valence-corrected chi connectivity index (χ3v) is 5.56. The van der Waals surface area contributed by atoms with Crippen molar-refractivity contribution in [2.75, 3.05) is 44.3 Å². The molecule has 1 amide bonds. The van der Waals surface area contributed by atoms with Crippen LogP contribution in [0, 0.1) is 5.92 Å². The van der Waals surface area contributed by atoms with E-state index in [0.717, 1.165) is 51.1 Å². The van der Waals surface area contributed by atoms with E-state index in [-0.39, 0.29) is 5.91 Å². The number of nitrogens with one attached hydrogen (secondary N) is 1. The molecule has 4 heterocycles. The van der Waals surface area contributed by atoms with E-state index in [0.29, 0.717) is 18.4 Å². The van der Waals surface area contributed by atoms with E-state index < -0.39 is 0 Å². The Morgan fingerprint density at radius 1 is 1.38 bits per heavy atom. The molecule has 0 radical (unpaired) electrons. The number of thiazole rings is 1. The molecule has 7 heteroatoms. The third kappa shape index (κ3) is 2.77. The van der Waals surface area contributed by atoms with Gasteiger partial charge in [-0.25, -0.2) is 4.98 Å². The maximum absolute atomic E-state index is 11.3. The fraction of sp³-hybridized carbons (Fsp3) is 0.714. The molecule has 0 spiro atoms. The summed E-state index contributed by atoms with van der Waals surface area (Å²) in [5.74, 6) is 0.723. The summed E-state index contributed by atoms with van der Waals surface area (Å²) in [7, 11) is 0. The van der Waals surface area contributed by atoms with Gasteiger partial charge in [0.2, 0.25) is 5.91 Å². The number of carbonyl (C=O) groups is 1. The van der Waals surface area contributed by atoms with Crippen LogP contribution in [-0.4, -0.2) is 61.2 Å². The molecule has 0 saturated carbocycles. The minimum atomic E-state index is 0.219. The van der Waals surface area contributed by atoms with Gasteiger partial charge >= 0.3 is 0 Å². The first-order valence-electron chi connectivity index (χ1n) is 7.57. The molecule has 2 atom stereocenters. The summed E-state index contributed by atoms with van der Waals surface area (Å²) >= 11 is 1.79. The first kappa shape index (κ1) is 13.5. The van der Waals surface area contributed by atoms with Crippen molar-refractivity contribution in [3.8, 4) is 0 Å². The van der Waals surface area contributed by atoms with Crippen molar-refractivity contribution < 1.29 is 9.53 Å². The van der Waals surface area contributed by atoms with Gasteiger partial charge in [0.25, 0.3) is 0 Å². The van der Waals surface area contributed by atoms with Gasteiger partial charge in [0.1, 0.15) is 0 Å². The van der Waals surface area contributed by atoms with Crippen LogP contribution in [0.5, 0.6) is 0 Å². The molecule has 1 aromatic rings. The normalized spacial score (nSPS) is 29.7. The van der Waals surface area contributed by atoms with Crippen molar-refractivity contribution in [3.63, 3.8) is 0 Å². The zero-order valence-corrected chi connectivity index (χ0v) is 12.8. The number of carbonyl (C=O) groups excluding carboxylic acids is 1. The molecule has 3 fully saturated rings. The predicted molar refractivity (Wildman–Crippen MR) is 80.5 cm³/mol. The number of morpholine rings is 1. The van der Waals surface area contributed by atoms with E-state index in [1.165, 1.54) is 4.88 Å². The second-order valence-corrected chi connectivity index (χ2v) is 7.13. The lowest BCUT2D eigenvalue weighted by Crippen LogP contribution is -2.36. The number of hydrogen-bond acceptors (Lipinski definition) is 6. The van der Waals surface area contributed by atoms with Gasteiger partial charge in [-0.15, -0.1) is 11.3 Å². The summed E-state index contributed by atoms with van der Waals surface area (Å²) in [6.07, 6.45) is 2.70. The van der Waals surface area contributed by atoms with Gasteiger partial charge in [-0.1, -0.05) is 0 Å². The van der Waals surface area contributed by atoms with Gasteiger partial charge in [0.15, 0.2) is 5.13 Å². The summed E-state index contributed by atoms with van der Waals surface area (Å²) in [5.41, 5.74) is 0. The number of fused-ring (bicyclic) bond motifs is 1. The Bertz CT molecular complexity index is 513. The fourth-order valence-corrected chi connectivity index (χ4v) is 4.46. The standard InChI is InChI=1S/C14H20N4O2S/c19-13-5-10-7-17(9-12(10)16-13)8-11-6-15-14(21-11)18-1-3-20-4-2-18/h6,10,12H,1-5,7-9H2,(H,16,19)/t10-,12+/m0/s1. The van der Waals surface area contributed by atoms with Crippen LogP contribution < -0.4 is 10.2 Å². The SMILES string of the molecule is O=C1C[C@H]2CN(Cc3cnc(N4CCOCC4)s3)C[C@H]2N1. The minimum Gasteiger partial charge on any atom is -0.378 e. The fourth-order valence-electron chi connectivity index (χ4n) is 3.46. The Morgan fingerprint density at radius 2 is 2.24 bits per heavy atom. The van der Waals surface area contributed by atoms with Crippen LogP contribution in [0.3, 0.4) is 0 Å². The highest BCUT2D eigenvalue weighted by molar-refractivity contribution is 7.15. The summed E-state index contributed by atoms with van der Waals surface area (Å²) in [6.45, 7) is 6.41. The molecular weight excluding hydrogens is 288 g/mol. The van der Waals surface area contributed by atoms with Crippen molar-refractivity contribution in [2.24, 2.45) is 5.92 Å². The number of amides is 1. The molecule has 114 valence electrons. The highest BCUT2D eigenvalue weighted by atomic mass is 32.1. The minimum absolute atomic E-state index is 0.219. The van der Waals surface area contributed by atoms with Gasteiger partial charge in [0, 0.05) is 62.2 Å². The maximum Gasteiger partial charge on any atom is 0.220 e. The molecule has 6 nitrogen and oxygen atoms in total. The molecule has 3 aliphatic rings. The van der Waals surface area contributed by atoms with Crippen LogP contribution in [0.1, 0.15) is 11.3 Å². The third-order valence-electron chi connectivity index (χ3n) is 4.51. The molecule has 0 unspecified atom stereocenters. The average molecular weight is 308 g/mol. The van der Waals surface area contributed by atoms with Gasteiger partial charge in [-0.05, 0) is 0 Å². The lowest BCUT2D eigenvalue weighted by Gasteiger charge is -2.26. The highest BCUT2D eigenvalue weighted by Gasteiger charge is 2.39. The van der Waals surface area contributed by atoms with Gasteiger partial charge in [-0.2, -0.15) is 0 Å². The number of nitrogens with zero attached hydrogens (tertiary/aromatic N) is 3. The molecule has 3 saturated heterocycles. The number of rotatable bonds is 3. The van der Waals surface area contributed by atoms with Crippen molar-refractivity contribution in [2.45, 2.75) is 19.0 Å². The Kier molecular flexibility index (Phi) is 3.56. The average Bonchev–Trinajstić information content (AvgIpc) is 3.15.